The van der Waals surface area contributed by atoms with E-state index in [1.165, 1.54) is 17.7 Å². The summed E-state index contributed by atoms with van der Waals surface area (Å²) in [6.07, 6.45) is 0. The fraction of sp³-hybridized carbons (Fsp3) is 0.316. The van der Waals surface area contributed by atoms with E-state index >= 15 is 0 Å². The number of benzene rings is 2. The molecule has 0 saturated heterocycles. The number of carbonyl (C=O) groups is 1. The third-order valence-corrected chi connectivity index (χ3v) is 3.70. The minimum absolute atomic E-state index is 0.0115. The van der Waals surface area contributed by atoms with Gasteiger partial charge in [-0.15, -0.1) is 0 Å². The molecule has 0 fully saturated rings. The molecule has 0 N–H and O–H groups in total. The first-order valence-corrected chi connectivity index (χ1v) is 7.56. The van der Waals surface area contributed by atoms with Crippen LogP contribution in [0.4, 0.5) is 4.39 Å². The van der Waals surface area contributed by atoms with Gasteiger partial charge in [-0.2, -0.15) is 0 Å². The molecular formula is C19H22FNO2. The molecule has 0 aliphatic heterocycles. The molecule has 1 amide bonds. The Morgan fingerprint density at radius 2 is 1.65 bits per heavy atom. The molecule has 0 unspecified atom stereocenters. The van der Waals surface area contributed by atoms with Crippen LogP contribution in [0.15, 0.2) is 36.4 Å². The number of halogens is 1. The number of amides is 1. The molecule has 4 heteroatoms. The first-order valence-electron chi connectivity index (χ1n) is 7.56. The lowest BCUT2D eigenvalue weighted by molar-refractivity contribution is -0.132. The summed E-state index contributed by atoms with van der Waals surface area (Å²) in [7, 11) is 1.71. The molecule has 0 bridgehead atoms. The summed E-state index contributed by atoms with van der Waals surface area (Å²) in [4.78, 5) is 13.8. The van der Waals surface area contributed by atoms with E-state index in [4.69, 9.17) is 4.74 Å². The summed E-state index contributed by atoms with van der Waals surface area (Å²) in [6.45, 7) is 6.40. The van der Waals surface area contributed by atoms with E-state index in [9.17, 15) is 9.18 Å². The summed E-state index contributed by atoms with van der Waals surface area (Å²) >= 11 is 0. The van der Waals surface area contributed by atoms with Gasteiger partial charge >= 0.3 is 0 Å². The minimum Gasteiger partial charge on any atom is -0.483 e. The molecule has 0 saturated carbocycles. The second kappa shape index (κ2) is 7.27. The molecule has 2 aromatic carbocycles. The van der Waals surface area contributed by atoms with E-state index in [2.05, 4.69) is 0 Å². The van der Waals surface area contributed by atoms with Crippen LogP contribution < -0.4 is 4.74 Å². The largest absolute Gasteiger partial charge is 0.483 e. The van der Waals surface area contributed by atoms with Crippen molar-refractivity contribution in [2.75, 3.05) is 13.7 Å². The van der Waals surface area contributed by atoms with Crippen LogP contribution in [-0.4, -0.2) is 24.5 Å². The van der Waals surface area contributed by atoms with Gasteiger partial charge in [-0.1, -0.05) is 29.8 Å². The molecule has 0 heterocycles. The monoisotopic (exact) mass is 315 g/mol. The third-order valence-electron chi connectivity index (χ3n) is 3.70. The van der Waals surface area contributed by atoms with E-state index < -0.39 is 0 Å². The van der Waals surface area contributed by atoms with Gasteiger partial charge in [0.15, 0.2) is 6.61 Å². The first kappa shape index (κ1) is 17.0. The Bertz CT molecular complexity index is 672. The predicted molar refractivity (Wildman–Crippen MR) is 89.0 cm³/mol. The number of carbonyl (C=O) groups excluding carboxylic acids is 1. The van der Waals surface area contributed by atoms with Gasteiger partial charge in [0.1, 0.15) is 11.6 Å². The predicted octanol–water partition coefficient (Wildman–Crippen LogP) is 3.79. The summed E-state index contributed by atoms with van der Waals surface area (Å²) in [6, 6.07) is 10.2. The van der Waals surface area contributed by atoms with E-state index in [-0.39, 0.29) is 18.3 Å². The Morgan fingerprint density at radius 1 is 1.09 bits per heavy atom. The molecule has 0 spiro atoms. The Balaban J connectivity index is 1.95. The Morgan fingerprint density at radius 3 is 2.22 bits per heavy atom. The van der Waals surface area contributed by atoms with Gasteiger partial charge in [-0.25, -0.2) is 4.39 Å². The molecule has 0 radical (unpaired) electrons. The highest BCUT2D eigenvalue weighted by Gasteiger charge is 2.12. The van der Waals surface area contributed by atoms with Crippen molar-refractivity contribution in [3.63, 3.8) is 0 Å². The maximum atomic E-state index is 12.9. The van der Waals surface area contributed by atoms with Crippen LogP contribution in [0.2, 0.25) is 0 Å². The fourth-order valence-corrected chi connectivity index (χ4v) is 2.59. The van der Waals surface area contributed by atoms with Gasteiger partial charge < -0.3 is 9.64 Å². The zero-order valence-electron chi connectivity index (χ0n) is 14.0. The maximum absolute atomic E-state index is 12.9. The number of likely N-dealkylation sites (N-methyl/N-ethyl adjacent to an activating group) is 1. The van der Waals surface area contributed by atoms with Crippen LogP contribution in [-0.2, 0) is 11.3 Å². The zero-order chi connectivity index (χ0) is 17.0. The highest BCUT2D eigenvalue weighted by molar-refractivity contribution is 5.77. The second-order valence-electron chi connectivity index (χ2n) is 5.89. The quantitative estimate of drug-likeness (QED) is 0.840. The van der Waals surface area contributed by atoms with E-state index in [1.807, 2.05) is 32.9 Å². The van der Waals surface area contributed by atoms with E-state index in [0.717, 1.165) is 22.4 Å². The molecule has 0 aliphatic carbocycles. The molecule has 2 rings (SSSR count). The van der Waals surface area contributed by atoms with Gasteiger partial charge in [-0.3, -0.25) is 4.79 Å². The molecule has 0 aromatic heterocycles. The van der Waals surface area contributed by atoms with Gasteiger partial charge in [0.2, 0.25) is 0 Å². The average molecular weight is 315 g/mol. The van der Waals surface area contributed by atoms with E-state index in [0.29, 0.717) is 6.54 Å². The van der Waals surface area contributed by atoms with Crippen molar-refractivity contribution >= 4 is 5.91 Å². The van der Waals surface area contributed by atoms with Crippen LogP contribution >= 0.6 is 0 Å². The van der Waals surface area contributed by atoms with Crippen LogP contribution in [0.25, 0.3) is 0 Å². The highest BCUT2D eigenvalue weighted by atomic mass is 19.1. The van der Waals surface area contributed by atoms with Crippen LogP contribution in [0, 0.1) is 26.6 Å². The SMILES string of the molecule is Cc1cc(C)c(OCC(=O)N(C)Cc2ccc(F)cc2)c(C)c1. The van der Waals surface area contributed by atoms with Gasteiger partial charge in [-0.05, 0) is 49.6 Å². The topological polar surface area (TPSA) is 29.5 Å². The number of aryl methyl sites for hydroxylation is 3. The van der Waals surface area contributed by atoms with Crippen LogP contribution in [0.1, 0.15) is 22.3 Å². The fourth-order valence-electron chi connectivity index (χ4n) is 2.59. The van der Waals surface area contributed by atoms with Crippen molar-refractivity contribution in [1.29, 1.82) is 0 Å². The molecule has 2 aromatic rings. The number of ether oxygens (including phenoxy) is 1. The first-order chi connectivity index (χ1) is 10.9. The van der Waals surface area contributed by atoms with Crippen molar-refractivity contribution in [3.05, 3.63) is 64.5 Å². The summed E-state index contributed by atoms with van der Waals surface area (Å²) in [5.74, 6) is 0.365. The zero-order valence-corrected chi connectivity index (χ0v) is 14.0. The standard InChI is InChI=1S/C19H22FNO2/c1-13-9-14(2)19(15(3)10-13)23-12-18(22)21(4)11-16-5-7-17(20)8-6-16/h5-10H,11-12H2,1-4H3. The molecule has 0 aliphatic rings. The molecule has 122 valence electrons. The van der Waals surface area contributed by atoms with Crippen molar-refractivity contribution in [1.82, 2.24) is 4.90 Å². The average Bonchev–Trinajstić information content (AvgIpc) is 2.48. The Hall–Kier alpha value is -2.36. The van der Waals surface area contributed by atoms with Gasteiger partial charge in [0.25, 0.3) is 5.91 Å². The Kier molecular flexibility index (Phi) is 5.37. The van der Waals surface area contributed by atoms with Crippen molar-refractivity contribution in [3.8, 4) is 5.75 Å². The molecular weight excluding hydrogens is 293 g/mol. The number of hydrogen-bond acceptors (Lipinski definition) is 2. The number of hydrogen-bond donors (Lipinski definition) is 0. The third kappa shape index (κ3) is 4.55. The van der Waals surface area contributed by atoms with Crippen molar-refractivity contribution in [2.24, 2.45) is 0 Å². The molecule has 23 heavy (non-hydrogen) atoms. The van der Waals surface area contributed by atoms with Gasteiger partial charge in [0.05, 0.1) is 0 Å². The second-order valence-corrected chi connectivity index (χ2v) is 5.89. The van der Waals surface area contributed by atoms with Gasteiger partial charge in [0, 0.05) is 13.6 Å². The summed E-state index contributed by atoms with van der Waals surface area (Å²) in [5.41, 5.74) is 4.10. The lowest BCUT2D eigenvalue weighted by Crippen LogP contribution is -2.31. The number of rotatable bonds is 5. The normalized spacial score (nSPS) is 10.5. The molecule has 3 nitrogen and oxygen atoms in total. The highest BCUT2D eigenvalue weighted by Crippen LogP contribution is 2.24. The van der Waals surface area contributed by atoms with Crippen LogP contribution in [0.5, 0.6) is 5.75 Å². The summed E-state index contributed by atoms with van der Waals surface area (Å²) < 4.78 is 18.6. The number of nitrogens with zero attached hydrogens (tertiary/aromatic N) is 1. The minimum atomic E-state index is -0.281. The van der Waals surface area contributed by atoms with Crippen molar-refractivity contribution < 1.29 is 13.9 Å². The summed E-state index contributed by atoms with van der Waals surface area (Å²) in [5, 5.41) is 0. The lowest BCUT2D eigenvalue weighted by Gasteiger charge is -2.19. The molecule has 0 atom stereocenters. The maximum Gasteiger partial charge on any atom is 0.260 e. The smallest absolute Gasteiger partial charge is 0.260 e. The van der Waals surface area contributed by atoms with Crippen LogP contribution in [0.3, 0.4) is 0 Å². The lowest BCUT2D eigenvalue weighted by atomic mass is 10.1. The van der Waals surface area contributed by atoms with E-state index in [1.54, 1.807) is 24.1 Å². The Labute approximate surface area is 136 Å². The van der Waals surface area contributed by atoms with Crippen molar-refractivity contribution in [2.45, 2.75) is 27.3 Å².